The van der Waals surface area contributed by atoms with Gasteiger partial charge in [-0.1, -0.05) is 6.07 Å². The molecule has 1 aromatic rings. The van der Waals surface area contributed by atoms with Crippen LogP contribution < -0.4 is 15.2 Å². The van der Waals surface area contributed by atoms with E-state index in [1.54, 1.807) is 13.3 Å². The van der Waals surface area contributed by atoms with Crippen LogP contribution in [0.5, 0.6) is 5.88 Å². The zero-order chi connectivity index (χ0) is 21.1. The summed E-state index contributed by atoms with van der Waals surface area (Å²) in [6.07, 6.45) is 8.17. The van der Waals surface area contributed by atoms with Gasteiger partial charge in [0.05, 0.1) is 31.5 Å². The quantitative estimate of drug-likeness (QED) is 0.654. The first-order valence-corrected chi connectivity index (χ1v) is 12.0. The third kappa shape index (κ3) is 5.46. The van der Waals surface area contributed by atoms with Gasteiger partial charge >= 0.3 is 0 Å². The van der Waals surface area contributed by atoms with E-state index in [0.717, 1.165) is 37.5 Å². The summed E-state index contributed by atoms with van der Waals surface area (Å²) in [5, 5.41) is 0. The second-order valence-electron chi connectivity index (χ2n) is 8.36. The molecule has 0 aliphatic heterocycles. The van der Waals surface area contributed by atoms with Crippen molar-refractivity contribution < 1.29 is 22.7 Å². The molecule has 1 aromatic heterocycles. The minimum atomic E-state index is -3.32. The van der Waals surface area contributed by atoms with Gasteiger partial charge in [-0.05, 0) is 56.9 Å². The number of nitrogens with one attached hydrogen (secondary N) is 1. The summed E-state index contributed by atoms with van der Waals surface area (Å²) < 4.78 is 37.1. The number of ether oxygens (including phenoxy) is 2. The highest BCUT2D eigenvalue weighted by atomic mass is 32.2. The van der Waals surface area contributed by atoms with Crippen LogP contribution in [0, 0.1) is 5.41 Å². The standard InChI is InChI=1S/C20H31N3O5S/c1-27-18-17(4-3-11-22-18)14-5-7-16(8-6-14)28-13-20(19(21)24)10-9-15(12-20)23-29(2,25)26/h3-4,11,14-16,23H,5-10,12-13H2,1-2H3,(H2,21,24)/t14?,15-,16?,20-/m0/s1. The minimum Gasteiger partial charge on any atom is -0.481 e. The van der Waals surface area contributed by atoms with Crippen LogP contribution in [0.4, 0.5) is 0 Å². The molecule has 2 aliphatic carbocycles. The molecule has 9 heteroatoms. The highest BCUT2D eigenvalue weighted by Crippen LogP contribution is 2.41. The van der Waals surface area contributed by atoms with Crippen LogP contribution in [0.2, 0.25) is 0 Å². The summed E-state index contributed by atoms with van der Waals surface area (Å²) in [6.45, 7) is 0.246. The molecule has 2 aliphatic rings. The molecule has 0 bridgehead atoms. The Labute approximate surface area is 172 Å². The molecule has 3 N–H and O–H groups in total. The molecule has 0 aromatic carbocycles. The highest BCUT2D eigenvalue weighted by Gasteiger charge is 2.45. The topological polar surface area (TPSA) is 121 Å². The van der Waals surface area contributed by atoms with Crippen LogP contribution in [0.25, 0.3) is 0 Å². The predicted molar refractivity (Wildman–Crippen MR) is 109 cm³/mol. The van der Waals surface area contributed by atoms with E-state index >= 15 is 0 Å². The lowest BCUT2D eigenvalue weighted by Gasteiger charge is -2.32. The van der Waals surface area contributed by atoms with E-state index in [1.807, 2.05) is 6.07 Å². The van der Waals surface area contributed by atoms with Gasteiger partial charge in [0.25, 0.3) is 0 Å². The lowest BCUT2D eigenvalue weighted by atomic mass is 9.82. The fraction of sp³-hybridized carbons (Fsp3) is 0.700. The van der Waals surface area contributed by atoms with E-state index in [2.05, 4.69) is 15.8 Å². The first-order valence-electron chi connectivity index (χ1n) is 10.1. The Balaban J connectivity index is 1.54. The summed E-state index contributed by atoms with van der Waals surface area (Å²) in [5.74, 6) is 0.655. The lowest BCUT2D eigenvalue weighted by Crippen LogP contribution is -2.42. The van der Waals surface area contributed by atoms with Gasteiger partial charge in [-0.3, -0.25) is 4.79 Å². The molecule has 0 radical (unpaired) electrons. The Hall–Kier alpha value is -1.71. The zero-order valence-electron chi connectivity index (χ0n) is 17.1. The Kier molecular flexibility index (Phi) is 6.80. The molecular weight excluding hydrogens is 394 g/mol. The number of amides is 1. The summed E-state index contributed by atoms with van der Waals surface area (Å²) in [5.41, 5.74) is 6.02. The predicted octanol–water partition coefficient (Wildman–Crippen LogP) is 1.71. The normalized spacial score (nSPS) is 30.2. The van der Waals surface area contributed by atoms with Gasteiger partial charge in [0.2, 0.25) is 21.8 Å². The molecule has 8 nitrogen and oxygen atoms in total. The third-order valence-electron chi connectivity index (χ3n) is 6.22. The van der Waals surface area contributed by atoms with Crippen molar-refractivity contribution in [3.8, 4) is 5.88 Å². The van der Waals surface area contributed by atoms with Crippen molar-refractivity contribution >= 4 is 15.9 Å². The number of nitrogens with zero attached hydrogens (tertiary/aromatic N) is 1. The molecule has 162 valence electrons. The van der Waals surface area contributed by atoms with Crippen molar-refractivity contribution in [3.05, 3.63) is 23.9 Å². The van der Waals surface area contributed by atoms with E-state index in [4.69, 9.17) is 15.2 Å². The molecule has 0 unspecified atom stereocenters. The van der Waals surface area contributed by atoms with Crippen molar-refractivity contribution in [1.29, 1.82) is 0 Å². The number of nitrogens with two attached hydrogens (primary N) is 1. The number of sulfonamides is 1. The Morgan fingerprint density at radius 1 is 1.31 bits per heavy atom. The average molecular weight is 426 g/mol. The first kappa shape index (κ1) is 22.0. The summed E-state index contributed by atoms with van der Waals surface area (Å²) in [7, 11) is -1.68. The van der Waals surface area contributed by atoms with Gasteiger partial charge in [-0.15, -0.1) is 0 Å². The van der Waals surface area contributed by atoms with E-state index in [9.17, 15) is 13.2 Å². The number of primary amides is 1. The van der Waals surface area contributed by atoms with Gasteiger partial charge < -0.3 is 15.2 Å². The fourth-order valence-corrected chi connectivity index (χ4v) is 5.46. The molecule has 0 spiro atoms. The smallest absolute Gasteiger partial charge is 0.226 e. The van der Waals surface area contributed by atoms with Crippen LogP contribution >= 0.6 is 0 Å². The maximum atomic E-state index is 12.2. The number of methoxy groups -OCH3 is 1. The van der Waals surface area contributed by atoms with Crippen molar-refractivity contribution in [2.24, 2.45) is 11.1 Å². The van der Waals surface area contributed by atoms with Crippen molar-refractivity contribution in [2.45, 2.75) is 63.0 Å². The minimum absolute atomic E-state index is 0.0760. The largest absolute Gasteiger partial charge is 0.481 e. The van der Waals surface area contributed by atoms with Crippen molar-refractivity contribution in [2.75, 3.05) is 20.0 Å². The lowest BCUT2D eigenvalue weighted by molar-refractivity contribution is -0.133. The number of carbonyl (C=O) groups is 1. The average Bonchev–Trinajstić information content (AvgIpc) is 3.09. The van der Waals surface area contributed by atoms with Crippen LogP contribution in [-0.4, -0.2) is 51.4 Å². The van der Waals surface area contributed by atoms with E-state index in [1.165, 1.54) is 0 Å². The summed E-state index contributed by atoms with van der Waals surface area (Å²) in [6, 6.07) is 3.72. The Morgan fingerprint density at radius 2 is 2.03 bits per heavy atom. The van der Waals surface area contributed by atoms with Crippen LogP contribution in [-0.2, 0) is 19.6 Å². The maximum Gasteiger partial charge on any atom is 0.226 e. The van der Waals surface area contributed by atoms with Gasteiger partial charge in [-0.25, -0.2) is 18.1 Å². The number of carbonyl (C=O) groups excluding carboxylic acids is 1. The van der Waals surface area contributed by atoms with Crippen molar-refractivity contribution in [3.63, 3.8) is 0 Å². The number of pyridine rings is 1. The molecule has 3 rings (SSSR count). The zero-order valence-corrected chi connectivity index (χ0v) is 17.9. The van der Waals surface area contributed by atoms with Crippen molar-refractivity contribution in [1.82, 2.24) is 9.71 Å². The highest BCUT2D eigenvalue weighted by molar-refractivity contribution is 7.88. The molecule has 2 fully saturated rings. The van der Waals surface area contributed by atoms with E-state index in [0.29, 0.717) is 31.1 Å². The van der Waals surface area contributed by atoms with Gasteiger partial charge in [-0.2, -0.15) is 0 Å². The molecule has 2 atom stereocenters. The monoisotopic (exact) mass is 425 g/mol. The van der Waals surface area contributed by atoms with Crippen LogP contribution in [0.1, 0.15) is 56.4 Å². The van der Waals surface area contributed by atoms with Crippen LogP contribution in [0.3, 0.4) is 0 Å². The van der Waals surface area contributed by atoms with Gasteiger partial charge in [0, 0.05) is 17.8 Å². The number of aromatic nitrogens is 1. The Morgan fingerprint density at radius 3 is 2.66 bits per heavy atom. The van der Waals surface area contributed by atoms with Gasteiger partial charge in [0.15, 0.2) is 0 Å². The third-order valence-corrected chi connectivity index (χ3v) is 6.98. The molecule has 1 heterocycles. The molecule has 29 heavy (non-hydrogen) atoms. The second-order valence-corrected chi connectivity index (χ2v) is 10.1. The van der Waals surface area contributed by atoms with E-state index in [-0.39, 0.29) is 18.8 Å². The fourth-order valence-electron chi connectivity index (χ4n) is 4.66. The number of hydrogen-bond acceptors (Lipinski definition) is 6. The SMILES string of the molecule is COc1ncccc1C1CCC(OC[C@]2(C(N)=O)CC[C@H](NS(C)(=O)=O)C2)CC1. The maximum absolute atomic E-state index is 12.2. The number of hydrogen-bond donors (Lipinski definition) is 2. The summed E-state index contributed by atoms with van der Waals surface area (Å²) >= 11 is 0. The number of rotatable bonds is 8. The first-order chi connectivity index (χ1) is 13.7. The Bertz CT molecular complexity index is 823. The molecular formula is C20H31N3O5S. The van der Waals surface area contributed by atoms with E-state index < -0.39 is 21.3 Å². The second kappa shape index (κ2) is 8.97. The molecule has 2 saturated carbocycles. The van der Waals surface area contributed by atoms with Gasteiger partial charge in [0.1, 0.15) is 0 Å². The molecule has 1 amide bonds. The molecule has 0 saturated heterocycles. The van der Waals surface area contributed by atoms with Crippen LogP contribution in [0.15, 0.2) is 18.3 Å². The summed E-state index contributed by atoms with van der Waals surface area (Å²) in [4.78, 5) is 16.4.